The molecule has 1 aliphatic carbocycles. The number of carbonyl (C=O) groups excluding carboxylic acids is 1. The van der Waals surface area contributed by atoms with E-state index in [4.69, 9.17) is 14.5 Å². The molecule has 9 heteroatoms. The van der Waals surface area contributed by atoms with Crippen molar-refractivity contribution in [2.45, 2.75) is 57.8 Å². The van der Waals surface area contributed by atoms with Crippen molar-refractivity contribution < 1.29 is 14.3 Å². The Balaban J connectivity index is 1.29. The monoisotopic (exact) mass is 572 g/mol. The molecule has 0 atom stereocenters. The van der Waals surface area contributed by atoms with Crippen molar-refractivity contribution in [3.63, 3.8) is 0 Å². The van der Waals surface area contributed by atoms with E-state index >= 15 is 0 Å². The van der Waals surface area contributed by atoms with Gasteiger partial charge < -0.3 is 14.8 Å². The summed E-state index contributed by atoms with van der Waals surface area (Å²) in [6.07, 6.45) is 5.88. The van der Waals surface area contributed by atoms with Crippen LogP contribution in [0, 0.1) is 0 Å². The van der Waals surface area contributed by atoms with Crippen molar-refractivity contribution in [1.82, 2.24) is 30.0 Å². The van der Waals surface area contributed by atoms with Crippen LogP contribution in [0.1, 0.15) is 51.4 Å². The van der Waals surface area contributed by atoms with Gasteiger partial charge in [0.05, 0.1) is 11.2 Å². The molecule has 2 aliphatic rings. The van der Waals surface area contributed by atoms with Crippen LogP contribution in [0.4, 0.5) is 4.79 Å². The lowest BCUT2D eigenvalue weighted by molar-refractivity contribution is 0.0377. The van der Waals surface area contributed by atoms with E-state index in [-0.39, 0.29) is 6.61 Å². The molecule has 4 heterocycles. The molecule has 1 saturated carbocycles. The minimum Gasteiger partial charge on any atom is -0.468 e. The highest BCUT2D eigenvalue weighted by molar-refractivity contribution is 5.84. The number of nitrogens with zero attached hydrogens (tertiary/aromatic N) is 5. The van der Waals surface area contributed by atoms with Crippen LogP contribution in [-0.4, -0.2) is 36.4 Å². The van der Waals surface area contributed by atoms with Crippen LogP contribution in [0.5, 0.6) is 5.88 Å². The second kappa shape index (κ2) is 10.3. The molecule has 43 heavy (non-hydrogen) atoms. The molecule has 1 fully saturated rings. The van der Waals surface area contributed by atoms with E-state index in [1.54, 1.807) is 12.4 Å². The molecule has 0 unspecified atom stereocenters. The van der Waals surface area contributed by atoms with E-state index in [1.165, 1.54) is 0 Å². The van der Waals surface area contributed by atoms with Crippen LogP contribution >= 0.6 is 0 Å². The molecule has 7 rings (SSSR count). The van der Waals surface area contributed by atoms with Crippen LogP contribution < -0.4 is 10.1 Å². The van der Waals surface area contributed by atoms with Crippen molar-refractivity contribution in [3.8, 4) is 45.3 Å². The zero-order valence-corrected chi connectivity index (χ0v) is 24.4. The number of alkyl carbamates (subject to hydrolysis) is 1. The second-order valence-corrected chi connectivity index (χ2v) is 12.0. The Kier molecular flexibility index (Phi) is 6.45. The highest BCUT2D eigenvalue weighted by Gasteiger charge is 2.41. The van der Waals surface area contributed by atoms with Crippen molar-refractivity contribution >= 4 is 6.09 Å². The third kappa shape index (κ3) is 5.01. The van der Waals surface area contributed by atoms with Crippen molar-refractivity contribution in [1.29, 1.82) is 0 Å². The summed E-state index contributed by atoms with van der Waals surface area (Å²) in [5.74, 6) is 1.94. The van der Waals surface area contributed by atoms with Gasteiger partial charge in [-0.25, -0.2) is 9.78 Å². The minimum atomic E-state index is -0.556. The predicted octanol–water partition coefficient (Wildman–Crippen LogP) is 6.85. The Bertz CT molecular complexity index is 1790. The zero-order valence-electron chi connectivity index (χ0n) is 24.4. The number of nitrogens with one attached hydrogen (secondary N) is 1. The molecule has 9 nitrogen and oxygen atoms in total. The Hall–Kier alpha value is -5.05. The van der Waals surface area contributed by atoms with E-state index in [1.807, 2.05) is 55.7 Å². The zero-order chi connectivity index (χ0) is 29.6. The van der Waals surface area contributed by atoms with Crippen LogP contribution in [0.25, 0.3) is 39.5 Å². The summed E-state index contributed by atoms with van der Waals surface area (Å²) < 4.78 is 13.7. The van der Waals surface area contributed by atoms with Crippen molar-refractivity contribution in [3.05, 3.63) is 96.6 Å². The van der Waals surface area contributed by atoms with Crippen molar-refractivity contribution in [2.75, 3.05) is 0 Å². The third-order valence-electron chi connectivity index (χ3n) is 7.96. The molecule has 5 aromatic rings. The van der Waals surface area contributed by atoms with Gasteiger partial charge >= 0.3 is 6.09 Å². The first-order valence-electron chi connectivity index (χ1n) is 14.5. The van der Waals surface area contributed by atoms with Crippen LogP contribution in [0.15, 0.2) is 85.2 Å². The average Bonchev–Trinajstić information content (AvgIpc) is 3.43. The van der Waals surface area contributed by atoms with Gasteiger partial charge in [0, 0.05) is 29.1 Å². The van der Waals surface area contributed by atoms with E-state index in [2.05, 4.69) is 63.0 Å². The maximum atomic E-state index is 12.7. The topological polar surface area (TPSA) is 104 Å². The van der Waals surface area contributed by atoms with Gasteiger partial charge in [-0.3, -0.25) is 9.55 Å². The molecule has 0 spiro atoms. The van der Waals surface area contributed by atoms with Gasteiger partial charge in [0.2, 0.25) is 5.88 Å². The number of aromatic nitrogens is 5. The summed E-state index contributed by atoms with van der Waals surface area (Å²) in [5.41, 5.74) is 5.52. The lowest BCUT2D eigenvalue weighted by Crippen LogP contribution is -2.52. The number of fused-ring (bicyclic) bond motifs is 3. The number of rotatable bonds is 5. The van der Waals surface area contributed by atoms with E-state index in [9.17, 15) is 4.79 Å². The van der Waals surface area contributed by atoms with Gasteiger partial charge in [-0.05, 0) is 69.4 Å². The molecule has 2 aromatic carbocycles. The quantitative estimate of drug-likeness (QED) is 0.245. The number of ether oxygens (including phenoxy) is 2. The van der Waals surface area contributed by atoms with Gasteiger partial charge in [0.15, 0.2) is 18.3 Å². The van der Waals surface area contributed by atoms with Gasteiger partial charge in [0.1, 0.15) is 11.3 Å². The highest BCUT2D eigenvalue weighted by Crippen LogP contribution is 2.44. The Morgan fingerprint density at radius 3 is 2.35 bits per heavy atom. The van der Waals surface area contributed by atoms with E-state index in [0.29, 0.717) is 17.5 Å². The predicted molar refractivity (Wildman–Crippen MR) is 162 cm³/mol. The average molecular weight is 573 g/mol. The number of amides is 1. The molecule has 3 aromatic heterocycles. The van der Waals surface area contributed by atoms with Gasteiger partial charge in [-0.1, -0.05) is 54.6 Å². The molecular weight excluding hydrogens is 540 g/mol. The lowest BCUT2D eigenvalue weighted by atomic mass is 9.71. The third-order valence-corrected chi connectivity index (χ3v) is 7.96. The Morgan fingerprint density at radius 1 is 0.930 bits per heavy atom. The molecular formula is C34H32N6O3. The smallest absolute Gasteiger partial charge is 0.408 e. The normalized spacial score (nSPS) is 15.0. The largest absolute Gasteiger partial charge is 0.468 e. The summed E-state index contributed by atoms with van der Waals surface area (Å²) in [4.78, 5) is 21.9. The fourth-order valence-electron chi connectivity index (χ4n) is 5.76. The first kappa shape index (κ1) is 26.8. The number of benzene rings is 2. The van der Waals surface area contributed by atoms with Crippen LogP contribution in [-0.2, 0) is 16.9 Å². The van der Waals surface area contributed by atoms with Gasteiger partial charge in [0.25, 0.3) is 0 Å². The Morgan fingerprint density at radius 2 is 1.67 bits per heavy atom. The highest BCUT2D eigenvalue weighted by atomic mass is 16.6. The number of hydrogen-bond donors (Lipinski definition) is 1. The summed E-state index contributed by atoms with van der Waals surface area (Å²) in [6, 6.07) is 24.5. The molecule has 1 aliphatic heterocycles. The standard InChI is InChI=1S/C34H32N6O3/c1-33(2,3)43-32(41)37-34(16-7-17-34)25-12-10-23(11-13-25)29-26(22-8-5-4-6-9-22)20-27-31(36-29)42-21-28-38-39-30(40(27)28)24-14-18-35-19-15-24/h4-6,8-15,18-20H,7,16-17,21H2,1-3H3,(H,37,41). The maximum absolute atomic E-state index is 12.7. The molecule has 1 N–H and O–H groups in total. The van der Waals surface area contributed by atoms with Gasteiger partial charge in [-0.15, -0.1) is 10.2 Å². The first-order chi connectivity index (χ1) is 20.8. The summed E-state index contributed by atoms with van der Waals surface area (Å²) in [7, 11) is 0. The number of hydrogen-bond acceptors (Lipinski definition) is 7. The number of carbonyl (C=O) groups is 1. The summed E-state index contributed by atoms with van der Waals surface area (Å²) in [6.45, 7) is 5.88. The maximum Gasteiger partial charge on any atom is 0.408 e. The van der Waals surface area contributed by atoms with Crippen LogP contribution in [0.3, 0.4) is 0 Å². The molecule has 1 amide bonds. The van der Waals surface area contributed by atoms with Crippen LogP contribution in [0.2, 0.25) is 0 Å². The SMILES string of the molecule is CC(C)(C)OC(=O)NC1(c2ccc(-c3nc4c(cc3-c3ccccc3)-n3c(nnc3-c3ccncc3)CO4)cc2)CCC1. The summed E-state index contributed by atoms with van der Waals surface area (Å²) >= 11 is 0. The lowest BCUT2D eigenvalue weighted by Gasteiger charge is -2.43. The fraction of sp³-hybridized carbons (Fsp3) is 0.265. The van der Waals surface area contributed by atoms with E-state index < -0.39 is 17.2 Å². The van der Waals surface area contributed by atoms with Crippen molar-refractivity contribution in [2.24, 2.45) is 0 Å². The Labute approximate surface area is 250 Å². The molecule has 0 radical (unpaired) electrons. The number of pyridine rings is 2. The molecule has 0 saturated heterocycles. The molecule has 216 valence electrons. The van der Waals surface area contributed by atoms with E-state index in [0.717, 1.165) is 58.5 Å². The molecule has 0 bridgehead atoms. The summed E-state index contributed by atoms with van der Waals surface area (Å²) in [5, 5.41) is 12.0. The first-order valence-corrected chi connectivity index (χ1v) is 14.5. The minimum absolute atomic E-state index is 0.264. The fourth-order valence-corrected chi connectivity index (χ4v) is 5.76. The second-order valence-electron chi connectivity index (χ2n) is 12.0. The van der Waals surface area contributed by atoms with Gasteiger partial charge in [-0.2, -0.15) is 0 Å².